The molecule has 7 aromatic rings. The van der Waals surface area contributed by atoms with Gasteiger partial charge in [0.25, 0.3) is 6.33 Å². The van der Waals surface area contributed by atoms with Crippen LogP contribution in [0.4, 0.5) is 0 Å². The van der Waals surface area contributed by atoms with Crippen LogP contribution in [0.1, 0.15) is 82.5 Å². The van der Waals surface area contributed by atoms with Crippen LogP contribution in [0.2, 0.25) is 0 Å². The summed E-state index contributed by atoms with van der Waals surface area (Å²) in [4.78, 5) is 4.83. The van der Waals surface area contributed by atoms with E-state index in [1.54, 1.807) is 0 Å². The molecule has 4 heterocycles. The fourth-order valence-corrected chi connectivity index (χ4v) is 9.80. The third-order valence-electron chi connectivity index (χ3n) is 12.1. The van der Waals surface area contributed by atoms with Crippen molar-refractivity contribution < 1.29 is 30.4 Å². The molecule has 3 aromatic heterocycles. The van der Waals surface area contributed by atoms with Gasteiger partial charge < -0.3 is 13.9 Å². The van der Waals surface area contributed by atoms with Crippen LogP contribution in [0.5, 0.6) is 11.5 Å². The van der Waals surface area contributed by atoms with Crippen LogP contribution in [0, 0.1) is 18.5 Å². The molecule has 2 fully saturated rings. The van der Waals surface area contributed by atoms with Crippen LogP contribution in [-0.4, -0.2) is 14.1 Å². The number of ether oxygens (including phenoxy) is 1. The fourth-order valence-electron chi connectivity index (χ4n) is 9.80. The van der Waals surface area contributed by atoms with E-state index >= 15 is 0 Å². The van der Waals surface area contributed by atoms with Gasteiger partial charge in [0.05, 0.1) is 11.4 Å². The average Bonchev–Trinajstić information content (AvgIpc) is 3.85. The van der Waals surface area contributed by atoms with Crippen LogP contribution in [-0.2, 0) is 37.3 Å². The molecule has 0 radical (unpaired) electrons. The molecule has 10 rings (SSSR count). The number of hydrogen-bond donors (Lipinski definition) is 0. The van der Waals surface area contributed by atoms with Gasteiger partial charge in [0, 0.05) is 55.9 Å². The zero-order valence-corrected chi connectivity index (χ0v) is 31.6. The number of pyridine rings is 1. The van der Waals surface area contributed by atoms with Gasteiger partial charge in [-0.15, -0.1) is 29.7 Å². The Morgan fingerprint density at radius 2 is 1.53 bits per heavy atom. The molecule has 0 saturated heterocycles. The van der Waals surface area contributed by atoms with E-state index in [0.717, 1.165) is 33.3 Å². The number of hydrogen-bond acceptors (Lipinski definition) is 2. The van der Waals surface area contributed by atoms with Gasteiger partial charge in [-0.2, -0.15) is 18.2 Å². The Balaban J connectivity index is 0.00000348. The third kappa shape index (κ3) is 4.77. The van der Waals surface area contributed by atoms with Crippen molar-refractivity contribution in [3.63, 3.8) is 0 Å². The number of imidazole rings is 1. The first kappa shape index (κ1) is 32.4. The van der Waals surface area contributed by atoms with Crippen molar-refractivity contribution in [1.82, 2.24) is 14.1 Å². The Morgan fingerprint density at radius 1 is 0.765 bits per heavy atom. The monoisotopic (exact) mass is 847 g/mol. The molecule has 0 bridgehead atoms. The van der Waals surface area contributed by atoms with Crippen LogP contribution in [0.3, 0.4) is 0 Å². The molecule has 6 heteroatoms. The molecule has 1 aliphatic heterocycles. The minimum Gasteiger partial charge on any atom is -0.510 e. The predicted molar refractivity (Wildman–Crippen MR) is 197 cm³/mol. The number of benzene rings is 4. The minimum absolute atomic E-state index is 0. The molecule has 2 aliphatic carbocycles. The van der Waals surface area contributed by atoms with E-state index in [0.29, 0.717) is 11.5 Å². The summed E-state index contributed by atoms with van der Waals surface area (Å²) >= 11 is 0. The summed E-state index contributed by atoms with van der Waals surface area (Å²) < 4.78 is 13.2. The Labute approximate surface area is 314 Å². The van der Waals surface area contributed by atoms with Crippen molar-refractivity contribution in [3.05, 3.63) is 139 Å². The molecule has 51 heavy (non-hydrogen) atoms. The Morgan fingerprint density at radius 3 is 2.41 bits per heavy atom. The topological polar surface area (TPSA) is 35.9 Å². The van der Waals surface area contributed by atoms with Gasteiger partial charge >= 0.3 is 0 Å². The zero-order valence-electron chi connectivity index (χ0n) is 29.3. The second-order valence-corrected chi connectivity index (χ2v) is 15.7. The molecule has 0 amide bonds. The van der Waals surface area contributed by atoms with Gasteiger partial charge in [0.15, 0.2) is 0 Å². The maximum atomic E-state index is 6.55. The quantitative estimate of drug-likeness (QED) is 0.131. The largest absolute Gasteiger partial charge is 0.510 e. The van der Waals surface area contributed by atoms with Crippen molar-refractivity contribution in [2.45, 2.75) is 82.0 Å². The fraction of sp³-hybridized carbons (Fsp3) is 0.289. The second kappa shape index (κ2) is 11.8. The molecular formula is C45H40N4OPt-2. The maximum absolute atomic E-state index is 6.55. The van der Waals surface area contributed by atoms with Crippen LogP contribution in [0.15, 0.2) is 103 Å². The standard InChI is InChI=1S/C45H40N4O.Pt/c1-43(2,3)31-20-25-46-42(26-31)49-38-16-6-4-14-35(38)36-19-18-34(28-40(36)49)50-33-13-10-12-32(27-33)47-29-41-45-22-9-8-21-44(45,23-11-24-45)37-15-5-7-17-39(37)48(41)30-47;/h4-7,10,12-20,25-26,29H,8-9,11,21-24H2,1-3H3;/q-2;. The molecule has 0 N–H and O–H groups in total. The molecule has 4 aromatic carbocycles. The van der Waals surface area contributed by atoms with E-state index in [4.69, 9.17) is 9.72 Å². The van der Waals surface area contributed by atoms with Gasteiger partial charge in [0.1, 0.15) is 5.82 Å². The second-order valence-electron chi connectivity index (χ2n) is 15.7. The van der Waals surface area contributed by atoms with E-state index in [2.05, 4.69) is 132 Å². The van der Waals surface area contributed by atoms with Crippen LogP contribution >= 0.6 is 0 Å². The molecule has 5 nitrogen and oxygen atoms in total. The summed E-state index contributed by atoms with van der Waals surface area (Å²) in [5.74, 6) is 2.16. The summed E-state index contributed by atoms with van der Waals surface area (Å²) in [7, 11) is 0. The molecule has 3 aliphatic rings. The minimum atomic E-state index is 0. The van der Waals surface area contributed by atoms with Gasteiger partial charge in [-0.25, -0.2) is 4.98 Å². The van der Waals surface area contributed by atoms with Crippen molar-refractivity contribution in [3.8, 4) is 28.7 Å². The van der Waals surface area contributed by atoms with E-state index in [1.807, 2.05) is 24.4 Å². The summed E-state index contributed by atoms with van der Waals surface area (Å²) in [6.07, 6.45) is 16.9. The first-order valence-corrected chi connectivity index (χ1v) is 18.1. The number of para-hydroxylation sites is 2. The number of rotatable bonds is 4. The zero-order chi connectivity index (χ0) is 33.7. The number of aromatic nitrogens is 4. The summed E-state index contributed by atoms with van der Waals surface area (Å²) in [5, 5.41) is 2.28. The predicted octanol–water partition coefficient (Wildman–Crippen LogP) is 9.98. The molecular weight excluding hydrogens is 808 g/mol. The van der Waals surface area contributed by atoms with Crippen molar-refractivity contribution in [1.29, 1.82) is 0 Å². The van der Waals surface area contributed by atoms with Crippen molar-refractivity contribution in [2.75, 3.05) is 0 Å². The first-order chi connectivity index (χ1) is 24.3. The third-order valence-corrected chi connectivity index (χ3v) is 12.1. The van der Waals surface area contributed by atoms with Gasteiger partial charge in [-0.05, 0) is 83.0 Å². The van der Waals surface area contributed by atoms with Gasteiger partial charge in [0.2, 0.25) is 0 Å². The van der Waals surface area contributed by atoms with Gasteiger partial charge in [-0.3, -0.25) is 4.57 Å². The van der Waals surface area contributed by atoms with E-state index < -0.39 is 0 Å². The van der Waals surface area contributed by atoms with E-state index in [-0.39, 0.29) is 37.3 Å². The van der Waals surface area contributed by atoms with Crippen LogP contribution in [0.25, 0.3) is 39.0 Å². The van der Waals surface area contributed by atoms with Crippen LogP contribution < -0.4 is 9.30 Å². The van der Waals surface area contributed by atoms with Gasteiger partial charge in [-0.1, -0.05) is 81.9 Å². The first-order valence-electron chi connectivity index (χ1n) is 18.1. The number of nitrogens with zero attached hydrogens (tertiary/aromatic N) is 4. The Bertz CT molecular complexity index is 2470. The van der Waals surface area contributed by atoms with Crippen molar-refractivity contribution in [2.24, 2.45) is 0 Å². The average molecular weight is 848 g/mol. The SMILES string of the molecule is CC(C)(C)c1ccnc(-n2c3[c-]c(Oc4[c-]c(-n5[c-][n+]6c(c5)C57CCCCC5(CCC7)c5ccccc5-6)ccc4)ccc3c3ccccc32)c1.[Pt]. The molecule has 0 spiro atoms. The molecule has 258 valence electrons. The maximum Gasteiger partial charge on any atom is 0.267 e. The Kier molecular flexibility index (Phi) is 7.49. The van der Waals surface area contributed by atoms with E-state index in [9.17, 15) is 0 Å². The molecule has 2 saturated carbocycles. The van der Waals surface area contributed by atoms with Crippen molar-refractivity contribution >= 4 is 21.8 Å². The van der Waals surface area contributed by atoms with E-state index in [1.165, 1.54) is 67.5 Å². The summed E-state index contributed by atoms with van der Waals surface area (Å²) in [6, 6.07) is 39.3. The number of fused-ring (bicyclic) bond motifs is 6. The molecule has 2 atom stereocenters. The Hall–Kier alpha value is -4.47. The summed E-state index contributed by atoms with van der Waals surface area (Å²) in [6.45, 7) is 6.70. The molecule has 2 unspecified atom stereocenters. The smallest absolute Gasteiger partial charge is 0.267 e. The normalized spacial score (nSPS) is 20.7. The summed E-state index contributed by atoms with van der Waals surface area (Å²) in [5.41, 5.74) is 8.80.